The molecule has 0 heterocycles. The van der Waals surface area contributed by atoms with Crippen LogP contribution in [0.4, 0.5) is 0 Å². The van der Waals surface area contributed by atoms with Gasteiger partial charge in [0.15, 0.2) is 6.10 Å². The van der Waals surface area contributed by atoms with E-state index in [0.29, 0.717) is 19.3 Å². The average molecular weight is 1150 g/mol. The molecule has 0 radical (unpaired) electrons. The molecule has 0 amide bonds. The van der Waals surface area contributed by atoms with Crippen molar-refractivity contribution in [3.63, 3.8) is 0 Å². The van der Waals surface area contributed by atoms with Crippen LogP contribution in [0.25, 0.3) is 0 Å². The summed E-state index contributed by atoms with van der Waals surface area (Å²) in [4.78, 5) is 38.3. The van der Waals surface area contributed by atoms with Gasteiger partial charge >= 0.3 is 17.9 Å². The molecular weight excluding hydrogens is 1020 g/mol. The minimum Gasteiger partial charge on any atom is -0.462 e. The van der Waals surface area contributed by atoms with E-state index in [2.05, 4.69) is 167 Å². The van der Waals surface area contributed by atoms with Gasteiger partial charge in [0, 0.05) is 19.3 Å². The maximum atomic E-state index is 12.9. The highest BCUT2D eigenvalue weighted by atomic mass is 16.6. The largest absolute Gasteiger partial charge is 0.462 e. The Morgan fingerprint density at radius 1 is 0.253 bits per heavy atom. The minimum absolute atomic E-state index is 0.0852. The second-order valence-corrected chi connectivity index (χ2v) is 22.3. The van der Waals surface area contributed by atoms with Crippen LogP contribution in [-0.2, 0) is 28.6 Å². The average Bonchev–Trinajstić information content (AvgIpc) is 3.48. The van der Waals surface area contributed by atoms with Crippen LogP contribution < -0.4 is 0 Å². The molecule has 6 nitrogen and oxygen atoms in total. The van der Waals surface area contributed by atoms with Crippen molar-refractivity contribution in [3.05, 3.63) is 146 Å². The Hall–Kier alpha value is -4.71. The molecule has 0 N–H and O–H groups in total. The number of hydrogen-bond donors (Lipinski definition) is 0. The number of allylic oxidation sites excluding steroid dienone is 24. The Morgan fingerprint density at radius 2 is 0.470 bits per heavy atom. The maximum Gasteiger partial charge on any atom is 0.306 e. The fourth-order valence-electron chi connectivity index (χ4n) is 9.27. The van der Waals surface area contributed by atoms with Crippen molar-refractivity contribution in [2.24, 2.45) is 0 Å². The molecule has 0 aromatic carbocycles. The number of rotatable bonds is 61. The first-order valence-corrected chi connectivity index (χ1v) is 34.3. The molecule has 0 fully saturated rings. The summed E-state index contributed by atoms with van der Waals surface area (Å²) in [6.45, 7) is 6.41. The van der Waals surface area contributed by atoms with Gasteiger partial charge in [-0.25, -0.2) is 0 Å². The van der Waals surface area contributed by atoms with Crippen LogP contribution in [0.2, 0.25) is 0 Å². The molecule has 1 unspecified atom stereocenters. The highest BCUT2D eigenvalue weighted by Crippen LogP contribution is 2.16. The highest BCUT2D eigenvalue weighted by molar-refractivity contribution is 5.71. The van der Waals surface area contributed by atoms with E-state index < -0.39 is 6.10 Å². The summed E-state index contributed by atoms with van der Waals surface area (Å²) < 4.78 is 16.9. The van der Waals surface area contributed by atoms with Crippen molar-refractivity contribution < 1.29 is 28.6 Å². The van der Waals surface area contributed by atoms with Gasteiger partial charge in [-0.05, 0) is 122 Å². The molecule has 0 aliphatic carbocycles. The number of carbonyl (C=O) groups excluding carboxylic acids is 3. The third-order valence-corrected chi connectivity index (χ3v) is 14.3. The van der Waals surface area contributed by atoms with Gasteiger partial charge in [-0.2, -0.15) is 0 Å². The van der Waals surface area contributed by atoms with Crippen LogP contribution in [0.15, 0.2) is 146 Å². The third kappa shape index (κ3) is 68.0. The van der Waals surface area contributed by atoms with Crippen molar-refractivity contribution in [2.75, 3.05) is 13.2 Å². The van der Waals surface area contributed by atoms with Gasteiger partial charge < -0.3 is 14.2 Å². The van der Waals surface area contributed by atoms with E-state index in [1.807, 2.05) is 0 Å². The van der Waals surface area contributed by atoms with Gasteiger partial charge in [0.05, 0.1) is 0 Å². The second-order valence-electron chi connectivity index (χ2n) is 22.3. The number of ether oxygens (including phenoxy) is 3. The summed E-state index contributed by atoms with van der Waals surface area (Å²) >= 11 is 0. The zero-order chi connectivity index (χ0) is 59.9. The summed E-state index contributed by atoms with van der Waals surface area (Å²) in [5.74, 6) is -0.898. The van der Waals surface area contributed by atoms with E-state index in [4.69, 9.17) is 14.2 Å². The summed E-state index contributed by atoms with van der Waals surface area (Å²) in [6, 6.07) is 0. The fourth-order valence-corrected chi connectivity index (χ4v) is 9.27. The first-order chi connectivity index (χ1) is 41.0. The minimum atomic E-state index is -0.790. The lowest BCUT2D eigenvalue weighted by Gasteiger charge is -2.18. The van der Waals surface area contributed by atoms with Crippen molar-refractivity contribution in [1.82, 2.24) is 0 Å². The van der Waals surface area contributed by atoms with E-state index in [1.54, 1.807) is 0 Å². The lowest BCUT2D eigenvalue weighted by Crippen LogP contribution is -2.30. The summed E-state index contributed by atoms with van der Waals surface area (Å²) in [7, 11) is 0. The van der Waals surface area contributed by atoms with Gasteiger partial charge in [0.2, 0.25) is 0 Å². The highest BCUT2D eigenvalue weighted by Gasteiger charge is 2.19. The topological polar surface area (TPSA) is 78.9 Å². The molecule has 470 valence electrons. The van der Waals surface area contributed by atoms with Gasteiger partial charge in [-0.3, -0.25) is 14.4 Å². The predicted molar refractivity (Wildman–Crippen MR) is 362 cm³/mol. The third-order valence-electron chi connectivity index (χ3n) is 14.3. The van der Waals surface area contributed by atoms with Crippen LogP contribution >= 0.6 is 0 Å². The lowest BCUT2D eigenvalue weighted by molar-refractivity contribution is -0.167. The van der Waals surface area contributed by atoms with Crippen molar-refractivity contribution in [2.45, 2.75) is 309 Å². The molecule has 83 heavy (non-hydrogen) atoms. The van der Waals surface area contributed by atoms with Gasteiger partial charge in [0.25, 0.3) is 0 Å². The standard InChI is InChI=1S/C77H126O6/c1-4-7-10-13-16-19-22-24-26-28-30-32-33-34-35-36-37-38-39-40-41-42-43-45-46-48-50-52-55-58-61-64-67-70-76(79)82-73-74(72-81-75(78)69-66-63-60-57-54-21-18-15-12-9-6-3)83-77(80)71-68-65-62-59-56-53-51-49-47-44-31-29-27-25-23-20-17-14-11-8-5-2/h7-8,10-11,16-17,19-20,24-27,30-32,34-35,37-38,40-41,43-45,74H,4-6,9,12-15,18,21-23,28-29,33,36,39,42,46-73H2,1-3H3/b10-7-,11-8-,19-16-,20-17-,26-24-,27-25-,32-30-,35-34-,38-37-,41-40-,44-31-,45-43-. The molecule has 0 spiro atoms. The van der Waals surface area contributed by atoms with E-state index in [9.17, 15) is 14.4 Å². The zero-order valence-electron chi connectivity index (χ0n) is 53.9. The molecule has 1 atom stereocenters. The molecule has 0 saturated carbocycles. The quantitative estimate of drug-likeness (QED) is 0.0261. The van der Waals surface area contributed by atoms with Gasteiger partial charge in [0.1, 0.15) is 13.2 Å². The van der Waals surface area contributed by atoms with Crippen molar-refractivity contribution in [1.29, 1.82) is 0 Å². The molecule has 0 saturated heterocycles. The van der Waals surface area contributed by atoms with Crippen LogP contribution in [0.3, 0.4) is 0 Å². The Bertz CT molecular complexity index is 1800. The Balaban J connectivity index is 4.28. The van der Waals surface area contributed by atoms with Crippen LogP contribution in [0, 0.1) is 0 Å². The Kier molecular flexibility index (Phi) is 65.8. The molecular formula is C77H126O6. The molecule has 0 bridgehead atoms. The van der Waals surface area contributed by atoms with Crippen molar-refractivity contribution in [3.8, 4) is 0 Å². The second kappa shape index (κ2) is 69.8. The summed E-state index contributed by atoms with van der Waals surface area (Å²) in [5, 5.41) is 0. The number of unbranched alkanes of at least 4 members (excludes halogenated alkanes) is 26. The monoisotopic (exact) mass is 1150 g/mol. The molecule has 0 aliphatic heterocycles. The van der Waals surface area contributed by atoms with E-state index in [0.717, 1.165) is 148 Å². The van der Waals surface area contributed by atoms with Crippen LogP contribution in [0.5, 0.6) is 0 Å². The lowest BCUT2D eigenvalue weighted by atomic mass is 10.1. The van der Waals surface area contributed by atoms with Crippen molar-refractivity contribution >= 4 is 17.9 Å². The SMILES string of the molecule is CC/C=C\C/C=C\C/C=C\C/C=C\C/C=C\C/C=C\C/C=C\C/C=C\CCCCCCCCCCC(=O)OCC(COC(=O)CCCCCCCCCCCCC)OC(=O)CCCCCCCCCC/C=C\C/C=C\C/C=C\C/C=C\CC. The summed E-state index contributed by atoms with van der Waals surface area (Å²) in [5.41, 5.74) is 0. The van der Waals surface area contributed by atoms with Crippen LogP contribution in [-0.4, -0.2) is 37.2 Å². The molecule has 6 heteroatoms. The predicted octanol–water partition coefficient (Wildman–Crippen LogP) is 23.9. The Morgan fingerprint density at radius 3 is 0.735 bits per heavy atom. The van der Waals surface area contributed by atoms with Gasteiger partial charge in [-0.15, -0.1) is 0 Å². The summed E-state index contributed by atoms with van der Waals surface area (Å²) in [6.07, 6.45) is 100. The van der Waals surface area contributed by atoms with E-state index in [-0.39, 0.29) is 31.1 Å². The number of hydrogen-bond acceptors (Lipinski definition) is 6. The Labute approximate surface area is 512 Å². The van der Waals surface area contributed by atoms with Crippen LogP contribution in [0.1, 0.15) is 303 Å². The molecule has 0 aromatic heterocycles. The molecule has 0 aromatic rings. The van der Waals surface area contributed by atoms with Gasteiger partial charge in [-0.1, -0.05) is 308 Å². The smallest absolute Gasteiger partial charge is 0.306 e. The molecule has 0 rings (SSSR count). The number of esters is 3. The van der Waals surface area contributed by atoms with E-state index >= 15 is 0 Å². The number of carbonyl (C=O) groups is 3. The first kappa shape index (κ1) is 78.3. The molecule has 0 aliphatic rings. The zero-order valence-corrected chi connectivity index (χ0v) is 53.9. The first-order valence-electron chi connectivity index (χ1n) is 34.3. The fraction of sp³-hybridized carbons (Fsp3) is 0.649. The van der Waals surface area contributed by atoms with E-state index in [1.165, 1.54) is 116 Å². The normalized spacial score (nSPS) is 13.0. The maximum absolute atomic E-state index is 12.9.